The number of carbonyl (C=O) groups is 2. The summed E-state index contributed by atoms with van der Waals surface area (Å²) in [6, 6.07) is 15.4. The molecule has 0 aromatic heterocycles. The van der Waals surface area contributed by atoms with Crippen molar-refractivity contribution < 1.29 is 24.2 Å². The maximum absolute atomic E-state index is 13.2. The fraction of sp³-hybridized carbons (Fsp3) is 0.391. The van der Waals surface area contributed by atoms with Gasteiger partial charge in [-0.3, -0.25) is 9.69 Å². The highest BCUT2D eigenvalue weighted by molar-refractivity contribution is 5.78. The molecule has 0 atom stereocenters. The van der Waals surface area contributed by atoms with E-state index in [2.05, 4.69) is 0 Å². The van der Waals surface area contributed by atoms with Crippen LogP contribution in [0.3, 0.4) is 0 Å². The van der Waals surface area contributed by atoms with Crippen LogP contribution in [0.15, 0.2) is 48.5 Å². The zero-order valence-electron chi connectivity index (χ0n) is 18.0. The molecule has 0 saturated carbocycles. The fourth-order valence-corrected chi connectivity index (χ4v) is 3.60. The van der Waals surface area contributed by atoms with E-state index >= 15 is 0 Å². The first-order chi connectivity index (χ1) is 15.0. The molecule has 2 aromatic rings. The molecule has 2 aromatic carbocycles. The second-order valence-electron chi connectivity index (χ2n) is 7.50. The quantitative estimate of drug-likeness (QED) is 0.697. The average Bonchev–Trinajstić information content (AvgIpc) is 2.79. The number of benzene rings is 2. The van der Waals surface area contributed by atoms with Crippen molar-refractivity contribution in [3.05, 3.63) is 59.7 Å². The maximum Gasteiger partial charge on any atom is 0.407 e. The third-order valence-corrected chi connectivity index (χ3v) is 5.37. The number of piperazine rings is 1. The second kappa shape index (κ2) is 10.7. The van der Waals surface area contributed by atoms with Gasteiger partial charge in [0.2, 0.25) is 5.91 Å². The van der Waals surface area contributed by atoms with Crippen LogP contribution in [0.2, 0.25) is 0 Å². The van der Waals surface area contributed by atoms with Crippen LogP contribution in [0, 0.1) is 0 Å². The summed E-state index contributed by atoms with van der Waals surface area (Å²) >= 11 is 0. The molecule has 0 bridgehead atoms. The van der Waals surface area contributed by atoms with Gasteiger partial charge in [0.15, 0.2) is 0 Å². The lowest BCUT2D eigenvalue weighted by atomic mass is 10.1. The van der Waals surface area contributed by atoms with Gasteiger partial charge in [-0.15, -0.1) is 0 Å². The normalized spacial score (nSPS) is 14.2. The monoisotopic (exact) mass is 427 g/mol. The minimum atomic E-state index is -0.913. The number of amides is 2. The van der Waals surface area contributed by atoms with Gasteiger partial charge >= 0.3 is 6.09 Å². The molecule has 3 rings (SSSR count). The lowest BCUT2D eigenvalue weighted by Crippen LogP contribution is -2.51. The Kier molecular flexibility index (Phi) is 7.72. The van der Waals surface area contributed by atoms with Gasteiger partial charge in [-0.1, -0.05) is 24.3 Å². The van der Waals surface area contributed by atoms with Crippen LogP contribution in [0.1, 0.15) is 11.1 Å². The van der Waals surface area contributed by atoms with Gasteiger partial charge in [0.05, 0.1) is 20.8 Å². The van der Waals surface area contributed by atoms with E-state index in [1.54, 1.807) is 14.2 Å². The Morgan fingerprint density at radius 2 is 1.42 bits per heavy atom. The number of hydrogen-bond acceptors (Lipinski definition) is 5. The zero-order chi connectivity index (χ0) is 22.2. The Bertz CT molecular complexity index is 847. The van der Waals surface area contributed by atoms with Crippen LogP contribution in [0.25, 0.3) is 0 Å². The molecule has 31 heavy (non-hydrogen) atoms. The van der Waals surface area contributed by atoms with Crippen molar-refractivity contribution in [2.75, 3.05) is 46.9 Å². The Morgan fingerprint density at radius 1 is 0.903 bits per heavy atom. The van der Waals surface area contributed by atoms with Gasteiger partial charge in [-0.05, 0) is 35.4 Å². The molecule has 1 fully saturated rings. The summed E-state index contributed by atoms with van der Waals surface area (Å²) in [6.07, 6.45) is -0.913. The summed E-state index contributed by atoms with van der Waals surface area (Å²) in [5.41, 5.74) is 1.96. The molecular weight excluding hydrogens is 398 g/mol. The maximum atomic E-state index is 13.2. The van der Waals surface area contributed by atoms with Crippen LogP contribution < -0.4 is 9.47 Å². The Morgan fingerprint density at radius 3 is 1.87 bits per heavy atom. The molecule has 0 aliphatic carbocycles. The van der Waals surface area contributed by atoms with Crippen LogP contribution in [0.4, 0.5) is 4.79 Å². The molecule has 1 heterocycles. The minimum Gasteiger partial charge on any atom is -0.497 e. The minimum absolute atomic E-state index is 0.00517. The summed E-state index contributed by atoms with van der Waals surface area (Å²) < 4.78 is 10.6. The van der Waals surface area contributed by atoms with Crippen molar-refractivity contribution in [3.63, 3.8) is 0 Å². The van der Waals surface area contributed by atoms with Crippen LogP contribution in [-0.4, -0.2) is 78.8 Å². The zero-order valence-corrected chi connectivity index (χ0v) is 18.0. The lowest BCUT2D eigenvalue weighted by molar-refractivity contribution is -0.134. The predicted molar refractivity (Wildman–Crippen MR) is 116 cm³/mol. The SMILES string of the molecule is COc1cccc(CN(Cc2cccc(OC)c2)C(=O)CN2CCN(C(=O)O)CC2)c1. The van der Waals surface area contributed by atoms with E-state index in [-0.39, 0.29) is 12.5 Å². The fourth-order valence-electron chi connectivity index (χ4n) is 3.60. The van der Waals surface area contributed by atoms with E-state index in [1.165, 1.54) is 4.90 Å². The van der Waals surface area contributed by atoms with Crippen molar-refractivity contribution >= 4 is 12.0 Å². The topological polar surface area (TPSA) is 82.6 Å². The van der Waals surface area contributed by atoms with E-state index in [0.717, 1.165) is 22.6 Å². The van der Waals surface area contributed by atoms with Crippen molar-refractivity contribution in [2.45, 2.75) is 13.1 Å². The highest BCUT2D eigenvalue weighted by Crippen LogP contribution is 2.19. The number of carbonyl (C=O) groups excluding carboxylic acids is 1. The molecule has 0 radical (unpaired) electrons. The van der Waals surface area contributed by atoms with Crippen molar-refractivity contribution in [2.24, 2.45) is 0 Å². The Hall–Kier alpha value is -3.26. The number of rotatable bonds is 8. The molecule has 0 unspecified atom stereocenters. The molecule has 1 aliphatic heterocycles. The Labute approximate surface area is 182 Å². The van der Waals surface area contributed by atoms with Crippen molar-refractivity contribution in [1.82, 2.24) is 14.7 Å². The van der Waals surface area contributed by atoms with Crippen LogP contribution >= 0.6 is 0 Å². The first-order valence-corrected chi connectivity index (χ1v) is 10.2. The van der Waals surface area contributed by atoms with Gasteiger partial charge in [0, 0.05) is 39.3 Å². The highest BCUT2D eigenvalue weighted by atomic mass is 16.5. The first-order valence-electron chi connectivity index (χ1n) is 10.2. The van der Waals surface area contributed by atoms with Crippen LogP contribution in [-0.2, 0) is 17.9 Å². The van der Waals surface area contributed by atoms with Crippen molar-refractivity contribution in [1.29, 1.82) is 0 Å². The van der Waals surface area contributed by atoms with E-state index in [0.29, 0.717) is 39.3 Å². The summed E-state index contributed by atoms with van der Waals surface area (Å²) in [5, 5.41) is 9.12. The number of nitrogens with zero attached hydrogens (tertiary/aromatic N) is 3. The summed E-state index contributed by atoms with van der Waals surface area (Å²) in [4.78, 5) is 29.5. The van der Waals surface area contributed by atoms with E-state index < -0.39 is 6.09 Å². The first kappa shape index (κ1) is 22.4. The third-order valence-electron chi connectivity index (χ3n) is 5.37. The average molecular weight is 428 g/mol. The van der Waals surface area contributed by atoms with Gasteiger partial charge in [0.1, 0.15) is 11.5 Å². The number of ether oxygens (including phenoxy) is 2. The highest BCUT2D eigenvalue weighted by Gasteiger charge is 2.24. The number of methoxy groups -OCH3 is 2. The largest absolute Gasteiger partial charge is 0.497 e. The smallest absolute Gasteiger partial charge is 0.407 e. The molecule has 8 nitrogen and oxygen atoms in total. The third kappa shape index (κ3) is 6.36. The standard InChI is InChI=1S/C23H29N3O5/c1-30-20-7-3-5-18(13-20)15-26(16-19-6-4-8-21(14-19)31-2)22(27)17-24-9-11-25(12-10-24)23(28)29/h3-8,13-14H,9-12,15-17H2,1-2H3,(H,28,29). The van der Waals surface area contributed by atoms with E-state index in [4.69, 9.17) is 14.6 Å². The lowest BCUT2D eigenvalue weighted by Gasteiger charge is -2.34. The predicted octanol–water partition coefficient (Wildman–Crippen LogP) is 2.53. The number of carboxylic acid groups (broad SMARTS) is 1. The molecule has 1 saturated heterocycles. The van der Waals surface area contributed by atoms with E-state index in [9.17, 15) is 9.59 Å². The molecule has 0 spiro atoms. The molecule has 2 amide bonds. The second-order valence-corrected chi connectivity index (χ2v) is 7.50. The van der Waals surface area contributed by atoms with E-state index in [1.807, 2.05) is 58.3 Å². The van der Waals surface area contributed by atoms with Gasteiger partial charge < -0.3 is 24.4 Å². The summed E-state index contributed by atoms with van der Waals surface area (Å²) in [7, 11) is 3.24. The summed E-state index contributed by atoms with van der Waals surface area (Å²) in [5.74, 6) is 1.49. The molecule has 166 valence electrons. The molecule has 1 N–H and O–H groups in total. The number of hydrogen-bond donors (Lipinski definition) is 1. The van der Waals surface area contributed by atoms with Gasteiger partial charge in [-0.2, -0.15) is 0 Å². The van der Waals surface area contributed by atoms with Crippen molar-refractivity contribution in [3.8, 4) is 11.5 Å². The molecule has 8 heteroatoms. The summed E-state index contributed by atoms with van der Waals surface area (Å²) in [6.45, 7) is 3.06. The van der Waals surface area contributed by atoms with Gasteiger partial charge in [0.25, 0.3) is 0 Å². The Balaban J connectivity index is 1.72. The molecule has 1 aliphatic rings. The van der Waals surface area contributed by atoms with Crippen LogP contribution in [0.5, 0.6) is 11.5 Å². The molecular formula is C23H29N3O5. The van der Waals surface area contributed by atoms with Gasteiger partial charge in [-0.25, -0.2) is 4.79 Å².